The van der Waals surface area contributed by atoms with Crippen LogP contribution in [-0.2, 0) is 9.59 Å². The number of rotatable bonds is 6. The molecule has 0 bridgehead atoms. The lowest BCUT2D eigenvalue weighted by Gasteiger charge is -2.23. The number of anilines is 1. The van der Waals surface area contributed by atoms with Crippen molar-refractivity contribution in [3.63, 3.8) is 0 Å². The van der Waals surface area contributed by atoms with Crippen molar-refractivity contribution in [3.8, 4) is 11.5 Å². The van der Waals surface area contributed by atoms with Crippen LogP contribution >= 0.6 is 11.3 Å². The molecule has 1 atom stereocenters. The summed E-state index contributed by atoms with van der Waals surface area (Å²) in [5, 5.41) is 11.7. The number of benzene rings is 3. The first-order valence-corrected chi connectivity index (χ1v) is 12.3. The van der Waals surface area contributed by atoms with E-state index in [4.69, 9.17) is 9.47 Å². The van der Waals surface area contributed by atoms with E-state index in [0.717, 1.165) is 15.8 Å². The zero-order valence-corrected chi connectivity index (χ0v) is 20.8. The van der Waals surface area contributed by atoms with Crippen molar-refractivity contribution in [2.24, 2.45) is 0 Å². The van der Waals surface area contributed by atoms with Crippen molar-refractivity contribution in [2.75, 3.05) is 18.6 Å². The molecule has 1 saturated heterocycles. The maximum atomic E-state index is 13.4. The number of thiazole rings is 1. The minimum Gasteiger partial charge on any atom is -0.507 e. The maximum absolute atomic E-state index is 13.4. The second-order valence-corrected chi connectivity index (χ2v) is 9.38. The molecule has 4 aromatic rings. The van der Waals surface area contributed by atoms with Crippen LogP contribution in [0.2, 0.25) is 0 Å². The van der Waals surface area contributed by atoms with Gasteiger partial charge in [0, 0.05) is 5.56 Å². The third-order valence-electron chi connectivity index (χ3n) is 6.05. The van der Waals surface area contributed by atoms with Gasteiger partial charge >= 0.3 is 5.91 Å². The molecule has 36 heavy (non-hydrogen) atoms. The first kappa shape index (κ1) is 23.6. The molecular formula is C28H24N2O5S. The standard InChI is InChI=1S/C28H24N2O5S/c1-4-35-20-12-8-18(9-13-20)25(31)23-24(17-6-10-19(34-3)11-7-17)30(27(33)26(23)32)28-29-21-14-5-16(2)15-22(21)36-28/h5-15,24,31H,4H2,1-3H3/b25-23+/t24-/m1/s1. The molecule has 3 aromatic carbocycles. The van der Waals surface area contributed by atoms with Gasteiger partial charge in [0.25, 0.3) is 5.78 Å². The number of fused-ring (bicyclic) bond motifs is 1. The van der Waals surface area contributed by atoms with E-state index in [1.165, 1.54) is 16.2 Å². The summed E-state index contributed by atoms with van der Waals surface area (Å²) < 4.78 is 11.7. The Labute approximate surface area is 212 Å². The number of carbonyl (C=O) groups excluding carboxylic acids is 2. The van der Waals surface area contributed by atoms with Gasteiger partial charge < -0.3 is 14.6 Å². The van der Waals surface area contributed by atoms with Gasteiger partial charge in [0.2, 0.25) is 0 Å². The van der Waals surface area contributed by atoms with E-state index < -0.39 is 17.7 Å². The Hall–Kier alpha value is -4.17. The molecule has 1 aliphatic rings. The van der Waals surface area contributed by atoms with Crippen LogP contribution in [0.15, 0.2) is 72.3 Å². The Morgan fingerprint density at radius 2 is 1.72 bits per heavy atom. The molecule has 8 heteroatoms. The topological polar surface area (TPSA) is 89.0 Å². The Morgan fingerprint density at radius 3 is 2.39 bits per heavy atom. The lowest BCUT2D eigenvalue weighted by Crippen LogP contribution is -2.29. The zero-order valence-electron chi connectivity index (χ0n) is 20.0. The average molecular weight is 501 g/mol. The summed E-state index contributed by atoms with van der Waals surface area (Å²) in [4.78, 5) is 32.8. The van der Waals surface area contributed by atoms with Crippen LogP contribution in [-0.4, -0.2) is 35.5 Å². The maximum Gasteiger partial charge on any atom is 0.301 e. The molecule has 0 unspecified atom stereocenters. The number of aliphatic hydroxyl groups is 1. The van der Waals surface area contributed by atoms with Crippen molar-refractivity contribution >= 4 is 44.1 Å². The van der Waals surface area contributed by atoms with Gasteiger partial charge in [-0.15, -0.1) is 0 Å². The number of ketones is 1. The molecule has 0 aliphatic carbocycles. The molecule has 182 valence electrons. The van der Waals surface area contributed by atoms with Crippen LogP contribution in [0.25, 0.3) is 16.0 Å². The van der Waals surface area contributed by atoms with E-state index >= 15 is 0 Å². The van der Waals surface area contributed by atoms with Crippen molar-refractivity contribution < 1.29 is 24.2 Å². The van der Waals surface area contributed by atoms with Gasteiger partial charge in [-0.2, -0.15) is 0 Å². The molecule has 0 spiro atoms. The smallest absolute Gasteiger partial charge is 0.301 e. The SMILES string of the molecule is CCOc1ccc(/C(O)=C2\C(=O)C(=O)N(c3nc4ccc(C)cc4s3)[C@@H]2c2ccc(OC)cc2)cc1. The minimum atomic E-state index is -0.857. The number of aromatic nitrogens is 1. The van der Waals surface area contributed by atoms with Gasteiger partial charge in [-0.25, -0.2) is 4.98 Å². The number of hydrogen-bond acceptors (Lipinski definition) is 7. The molecular weight excluding hydrogens is 476 g/mol. The summed E-state index contributed by atoms with van der Waals surface area (Å²) in [5.74, 6) is -0.475. The van der Waals surface area contributed by atoms with Crippen molar-refractivity contribution in [3.05, 3.63) is 89.0 Å². The third-order valence-corrected chi connectivity index (χ3v) is 7.07. The molecule has 1 N–H and O–H groups in total. The minimum absolute atomic E-state index is 0.00441. The molecule has 0 saturated carbocycles. The van der Waals surface area contributed by atoms with Gasteiger partial charge in [-0.3, -0.25) is 14.5 Å². The number of ether oxygens (including phenoxy) is 2. The highest BCUT2D eigenvalue weighted by Gasteiger charge is 2.48. The normalized spacial score (nSPS) is 17.1. The zero-order chi connectivity index (χ0) is 25.4. The molecule has 1 aliphatic heterocycles. The Morgan fingerprint density at radius 1 is 1.03 bits per heavy atom. The fraction of sp³-hybridized carbons (Fsp3) is 0.179. The molecule has 1 aromatic heterocycles. The summed E-state index contributed by atoms with van der Waals surface area (Å²) >= 11 is 1.33. The number of carbonyl (C=O) groups is 2. The number of hydrogen-bond donors (Lipinski definition) is 1. The number of methoxy groups -OCH3 is 1. The molecule has 1 amide bonds. The second kappa shape index (κ2) is 9.47. The van der Waals surface area contributed by atoms with Gasteiger partial charge in [-0.1, -0.05) is 29.5 Å². The van der Waals surface area contributed by atoms with E-state index in [0.29, 0.717) is 34.4 Å². The lowest BCUT2D eigenvalue weighted by atomic mass is 9.95. The number of aliphatic hydroxyl groups excluding tert-OH is 1. The summed E-state index contributed by atoms with van der Waals surface area (Å²) in [7, 11) is 1.57. The molecule has 5 rings (SSSR count). The number of Topliss-reactive ketones (excluding diaryl/α,β-unsaturated/α-hetero) is 1. The predicted molar refractivity (Wildman–Crippen MR) is 140 cm³/mol. The van der Waals surface area contributed by atoms with Gasteiger partial charge in [0.05, 0.1) is 35.5 Å². The summed E-state index contributed by atoms with van der Waals surface area (Å²) in [6.45, 7) is 4.38. The first-order chi connectivity index (χ1) is 17.4. The molecule has 2 heterocycles. The highest BCUT2D eigenvalue weighted by atomic mass is 32.1. The van der Waals surface area contributed by atoms with Crippen molar-refractivity contribution in [2.45, 2.75) is 19.9 Å². The monoisotopic (exact) mass is 500 g/mol. The Kier molecular flexibility index (Phi) is 6.20. The number of amides is 1. The second-order valence-electron chi connectivity index (χ2n) is 8.37. The van der Waals surface area contributed by atoms with Crippen LogP contribution in [0.1, 0.15) is 29.7 Å². The van der Waals surface area contributed by atoms with E-state index in [-0.39, 0.29) is 11.3 Å². The van der Waals surface area contributed by atoms with Crippen LogP contribution in [0.3, 0.4) is 0 Å². The van der Waals surface area contributed by atoms with Crippen molar-refractivity contribution in [1.29, 1.82) is 0 Å². The number of nitrogens with zero attached hydrogens (tertiary/aromatic N) is 2. The largest absolute Gasteiger partial charge is 0.507 e. The fourth-order valence-electron chi connectivity index (χ4n) is 4.29. The van der Waals surface area contributed by atoms with Crippen LogP contribution in [0.5, 0.6) is 11.5 Å². The number of aryl methyl sites for hydroxylation is 1. The average Bonchev–Trinajstić information content (AvgIpc) is 3.42. The van der Waals surface area contributed by atoms with Crippen LogP contribution in [0.4, 0.5) is 5.13 Å². The summed E-state index contributed by atoms with van der Waals surface area (Å²) in [6, 6.07) is 18.8. The van der Waals surface area contributed by atoms with E-state index in [9.17, 15) is 14.7 Å². The Balaban J connectivity index is 1.68. The van der Waals surface area contributed by atoms with Crippen LogP contribution < -0.4 is 14.4 Å². The highest BCUT2D eigenvalue weighted by molar-refractivity contribution is 7.22. The predicted octanol–water partition coefficient (Wildman–Crippen LogP) is 5.64. The fourth-order valence-corrected chi connectivity index (χ4v) is 5.38. The molecule has 1 fully saturated rings. The van der Waals surface area contributed by atoms with Gasteiger partial charge in [-0.05, 0) is 73.5 Å². The Bertz CT molecular complexity index is 1490. The summed E-state index contributed by atoms with van der Waals surface area (Å²) in [6.07, 6.45) is 0. The van der Waals surface area contributed by atoms with E-state index in [1.807, 2.05) is 32.0 Å². The first-order valence-electron chi connectivity index (χ1n) is 11.5. The van der Waals surface area contributed by atoms with Gasteiger partial charge in [0.15, 0.2) is 5.13 Å². The molecule has 7 nitrogen and oxygen atoms in total. The third kappa shape index (κ3) is 4.09. The van der Waals surface area contributed by atoms with Crippen LogP contribution in [0, 0.1) is 6.92 Å². The quantitative estimate of drug-likeness (QED) is 0.209. The molecule has 0 radical (unpaired) electrons. The lowest BCUT2D eigenvalue weighted by molar-refractivity contribution is -0.132. The van der Waals surface area contributed by atoms with Gasteiger partial charge in [0.1, 0.15) is 17.3 Å². The van der Waals surface area contributed by atoms with E-state index in [2.05, 4.69) is 4.98 Å². The van der Waals surface area contributed by atoms with E-state index in [1.54, 1.807) is 55.6 Å². The summed E-state index contributed by atoms with van der Waals surface area (Å²) in [5.41, 5.74) is 2.88. The highest BCUT2D eigenvalue weighted by Crippen LogP contribution is 2.44. The van der Waals surface area contributed by atoms with Crippen molar-refractivity contribution in [1.82, 2.24) is 4.98 Å².